The maximum Gasteiger partial charge on any atom is 0.0570 e. The van der Waals surface area contributed by atoms with Crippen molar-refractivity contribution in [3.8, 4) is 0 Å². The van der Waals surface area contributed by atoms with Crippen LogP contribution in [0.15, 0.2) is 46.9 Å². The number of benzene rings is 2. The van der Waals surface area contributed by atoms with Crippen LogP contribution in [0.5, 0.6) is 0 Å². The highest BCUT2D eigenvalue weighted by Crippen LogP contribution is 2.46. The molecule has 2 aromatic carbocycles. The minimum Gasteiger partial charge on any atom is -0.378 e. The molecule has 0 saturated heterocycles. The summed E-state index contributed by atoms with van der Waals surface area (Å²) in [6.45, 7) is 6.80. The van der Waals surface area contributed by atoms with E-state index in [2.05, 4.69) is 84.5 Å². The van der Waals surface area contributed by atoms with Crippen molar-refractivity contribution in [1.29, 1.82) is 0 Å². The van der Waals surface area contributed by atoms with E-state index in [1.807, 2.05) is 0 Å². The first-order valence-corrected chi connectivity index (χ1v) is 7.87. The maximum atomic E-state index is 3.73. The minimum absolute atomic E-state index is 0.237. The quantitative estimate of drug-likeness (QED) is 0.767. The van der Waals surface area contributed by atoms with Gasteiger partial charge in [0.15, 0.2) is 0 Å². The molecular weight excluding hydrogens is 310 g/mol. The molecule has 0 spiro atoms. The van der Waals surface area contributed by atoms with Crippen molar-refractivity contribution in [1.82, 2.24) is 0 Å². The zero-order chi connectivity index (χ0) is 14.3. The Kier molecular flexibility index (Phi) is 3.37. The van der Waals surface area contributed by atoms with Crippen molar-refractivity contribution in [2.24, 2.45) is 5.41 Å². The number of hydrogen-bond donors (Lipinski definition) is 1. The second kappa shape index (κ2) is 4.92. The Hall–Kier alpha value is -1.28. The molecule has 0 bridgehead atoms. The van der Waals surface area contributed by atoms with E-state index < -0.39 is 0 Å². The zero-order valence-corrected chi connectivity index (χ0v) is 13.8. The van der Waals surface area contributed by atoms with Gasteiger partial charge in [0.25, 0.3) is 0 Å². The predicted molar refractivity (Wildman–Crippen MR) is 89.2 cm³/mol. The lowest BCUT2D eigenvalue weighted by Gasteiger charge is -2.29. The first-order chi connectivity index (χ1) is 9.47. The molecule has 0 aliphatic heterocycles. The van der Waals surface area contributed by atoms with Gasteiger partial charge in [-0.1, -0.05) is 60.1 Å². The smallest absolute Gasteiger partial charge is 0.0570 e. The second-order valence-corrected chi connectivity index (χ2v) is 7.26. The summed E-state index contributed by atoms with van der Waals surface area (Å²) in [5, 5.41) is 3.73. The third kappa shape index (κ3) is 2.37. The summed E-state index contributed by atoms with van der Waals surface area (Å²) in [5.41, 5.74) is 5.59. The van der Waals surface area contributed by atoms with Gasteiger partial charge in [-0.2, -0.15) is 0 Å². The van der Waals surface area contributed by atoms with Crippen LogP contribution >= 0.6 is 15.9 Å². The molecule has 0 radical (unpaired) electrons. The van der Waals surface area contributed by atoms with Crippen molar-refractivity contribution >= 4 is 21.6 Å². The Morgan fingerprint density at radius 2 is 1.90 bits per heavy atom. The standard InChI is InChI=1S/C18H20BrN/c1-12-8-9-14(10-16(12)19)20-17-15-7-5-4-6-13(15)11-18(17,2)3/h4-10,17,20H,11H2,1-3H3. The Balaban J connectivity index is 1.94. The van der Waals surface area contributed by atoms with E-state index in [1.165, 1.54) is 22.4 Å². The molecule has 1 nitrogen and oxygen atoms in total. The topological polar surface area (TPSA) is 12.0 Å². The van der Waals surface area contributed by atoms with Crippen LogP contribution < -0.4 is 5.32 Å². The number of nitrogens with one attached hydrogen (secondary N) is 1. The van der Waals surface area contributed by atoms with Crippen molar-refractivity contribution in [2.45, 2.75) is 33.2 Å². The average molecular weight is 330 g/mol. The second-order valence-electron chi connectivity index (χ2n) is 6.41. The van der Waals surface area contributed by atoms with Gasteiger partial charge in [0, 0.05) is 10.2 Å². The monoisotopic (exact) mass is 329 g/mol. The van der Waals surface area contributed by atoms with E-state index in [0.29, 0.717) is 6.04 Å². The van der Waals surface area contributed by atoms with Crippen LogP contribution in [-0.2, 0) is 6.42 Å². The van der Waals surface area contributed by atoms with Crippen LogP contribution in [-0.4, -0.2) is 0 Å². The lowest BCUT2D eigenvalue weighted by atomic mass is 9.85. The van der Waals surface area contributed by atoms with Gasteiger partial charge in [-0.3, -0.25) is 0 Å². The summed E-state index contributed by atoms with van der Waals surface area (Å²) in [6, 6.07) is 15.6. The summed E-state index contributed by atoms with van der Waals surface area (Å²) in [4.78, 5) is 0. The summed E-state index contributed by atoms with van der Waals surface area (Å²) in [5.74, 6) is 0. The van der Waals surface area contributed by atoms with Crippen LogP contribution in [0.4, 0.5) is 5.69 Å². The highest BCUT2D eigenvalue weighted by atomic mass is 79.9. The van der Waals surface area contributed by atoms with Crippen LogP contribution in [0.25, 0.3) is 0 Å². The van der Waals surface area contributed by atoms with Gasteiger partial charge in [-0.15, -0.1) is 0 Å². The molecule has 1 aliphatic carbocycles. The number of aryl methyl sites for hydroxylation is 1. The lowest BCUT2D eigenvalue weighted by Crippen LogP contribution is -2.24. The molecule has 0 fully saturated rings. The van der Waals surface area contributed by atoms with E-state index in [1.54, 1.807) is 0 Å². The molecule has 0 saturated carbocycles. The number of halogens is 1. The van der Waals surface area contributed by atoms with Crippen LogP contribution in [0.3, 0.4) is 0 Å². The fourth-order valence-corrected chi connectivity index (χ4v) is 3.49. The van der Waals surface area contributed by atoms with Crippen LogP contribution in [0, 0.1) is 12.3 Å². The average Bonchev–Trinajstić information content (AvgIpc) is 2.65. The highest BCUT2D eigenvalue weighted by molar-refractivity contribution is 9.10. The van der Waals surface area contributed by atoms with Crippen molar-refractivity contribution < 1.29 is 0 Å². The first-order valence-electron chi connectivity index (χ1n) is 7.08. The van der Waals surface area contributed by atoms with Gasteiger partial charge >= 0.3 is 0 Å². The Labute approximate surface area is 129 Å². The molecule has 1 atom stereocenters. The molecule has 1 N–H and O–H groups in total. The molecule has 2 heteroatoms. The molecule has 1 aliphatic rings. The maximum absolute atomic E-state index is 3.73. The molecule has 2 aromatic rings. The number of fused-ring (bicyclic) bond motifs is 1. The third-order valence-corrected chi connectivity index (χ3v) is 5.13. The van der Waals surface area contributed by atoms with Crippen LogP contribution in [0.1, 0.15) is 36.6 Å². The van der Waals surface area contributed by atoms with Crippen LogP contribution in [0.2, 0.25) is 0 Å². The molecule has 0 aromatic heterocycles. The molecular formula is C18H20BrN. The summed E-state index contributed by atoms with van der Waals surface area (Å²) < 4.78 is 1.16. The Morgan fingerprint density at radius 3 is 2.65 bits per heavy atom. The van der Waals surface area contributed by atoms with Crippen molar-refractivity contribution in [3.63, 3.8) is 0 Å². The van der Waals surface area contributed by atoms with E-state index in [0.717, 1.165) is 10.9 Å². The molecule has 0 amide bonds. The van der Waals surface area contributed by atoms with Gasteiger partial charge in [0.2, 0.25) is 0 Å². The summed E-state index contributed by atoms with van der Waals surface area (Å²) >= 11 is 3.62. The largest absolute Gasteiger partial charge is 0.378 e. The fourth-order valence-electron chi connectivity index (χ4n) is 3.11. The molecule has 3 rings (SSSR count). The number of hydrogen-bond acceptors (Lipinski definition) is 1. The zero-order valence-electron chi connectivity index (χ0n) is 12.2. The van der Waals surface area contributed by atoms with Gasteiger partial charge in [0.05, 0.1) is 6.04 Å². The Bertz CT molecular complexity index is 646. The normalized spacial score (nSPS) is 19.7. The summed E-state index contributed by atoms with van der Waals surface area (Å²) in [7, 11) is 0. The number of rotatable bonds is 2. The molecule has 0 heterocycles. The molecule has 20 heavy (non-hydrogen) atoms. The SMILES string of the molecule is Cc1ccc(NC2c3ccccc3CC2(C)C)cc1Br. The van der Waals surface area contributed by atoms with Gasteiger partial charge in [-0.25, -0.2) is 0 Å². The summed E-state index contributed by atoms with van der Waals surface area (Å²) in [6.07, 6.45) is 1.13. The minimum atomic E-state index is 0.237. The molecule has 104 valence electrons. The lowest BCUT2D eigenvalue weighted by molar-refractivity contribution is 0.337. The van der Waals surface area contributed by atoms with Crippen molar-refractivity contribution in [3.05, 3.63) is 63.6 Å². The third-order valence-electron chi connectivity index (χ3n) is 4.28. The van der Waals surface area contributed by atoms with Gasteiger partial charge in [-0.05, 0) is 47.6 Å². The fraction of sp³-hybridized carbons (Fsp3) is 0.333. The first kappa shape index (κ1) is 13.7. The van der Waals surface area contributed by atoms with Crippen molar-refractivity contribution in [2.75, 3.05) is 5.32 Å². The van der Waals surface area contributed by atoms with E-state index in [4.69, 9.17) is 0 Å². The van der Waals surface area contributed by atoms with Gasteiger partial charge in [0.1, 0.15) is 0 Å². The highest BCUT2D eigenvalue weighted by Gasteiger charge is 2.38. The number of anilines is 1. The van der Waals surface area contributed by atoms with E-state index >= 15 is 0 Å². The molecule has 1 unspecified atom stereocenters. The predicted octanol–water partition coefficient (Wildman–Crippen LogP) is 5.49. The van der Waals surface area contributed by atoms with Gasteiger partial charge < -0.3 is 5.32 Å². The van der Waals surface area contributed by atoms with E-state index in [-0.39, 0.29) is 5.41 Å². The Morgan fingerprint density at radius 1 is 1.15 bits per heavy atom. The van der Waals surface area contributed by atoms with E-state index in [9.17, 15) is 0 Å².